The second-order valence-electron chi connectivity index (χ2n) is 14.4. The molecule has 1 aromatic heterocycles. The maximum absolute atomic E-state index is 14.5. The van der Waals surface area contributed by atoms with Crippen molar-refractivity contribution in [3.8, 4) is 0 Å². The number of carbonyl (C=O) groups is 5. The number of amides is 5. The maximum atomic E-state index is 14.5. The zero-order valence-electron chi connectivity index (χ0n) is 27.9. The van der Waals surface area contributed by atoms with Gasteiger partial charge >= 0.3 is 0 Å². The topological polar surface area (TPSA) is 203 Å². The summed E-state index contributed by atoms with van der Waals surface area (Å²) in [4.78, 5) is 77.2. The SMILES string of the molecule is CCC[C@H](NC(=O)C1[C@H]2CCC[C@H]2CN1C(=O)[C@@H](NC(=O)[C@@H](NC(=O)c1cnccn1)C1CCCCC1)C(C)(C)C)C(O)C(=O)NO. The summed E-state index contributed by atoms with van der Waals surface area (Å²) in [6.07, 6.45) is 10.3. The lowest BCUT2D eigenvalue weighted by molar-refractivity contribution is -0.146. The summed E-state index contributed by atoms with van der Waals surface area (Å²) in [6.45, 7) is 7.72. The summed E-state index contributed by atoms with van der Waals surface area (Å²) in [7, 11) is 0. The van der Waals surface area contributed by atoms with E-state index < -0.39 is 65.2 Å². The number of nitrogens with zero attached hydrogens (tertiary/aromatic N) is 3. The van der Waals surface area contributed by atoms with Crippen LogP contribution in [0.3, 0.4) is 0 Å². The van der Waals surface area contributed by atoms with Crippen LogP contribution in [0.1, 0.15) is 102 Å². The minimum Gasteiger partial charge on any atom is -0.381 e. The van der Waals surface area contributed by atoms with Gasteiger partial charge in [-0.25, -0.2) is 10.5 Å². The van der Waals surface area contributed by atoms with E-state index >= 15 is 0 Å². The Morgan fingerprint density at radius 3 is 2.30 bits per heavy atom. The fourth-order valence-corrected chi connectivity index (χ4v) is 7.55. The average Bonchev–Trinajstić information content (AvgIpc) is 3.67. The molecule has 2 heterocycles. The predicted octanol–water partition coefficient (Wildman–Crippen LogP) is 1.46. The van der Waals surface area contributed by atoms with Crippen LogP contribution in [0.25, 0.3) is 0 Å². The van der Waals surface area contributed by atoms with E-state index in [1.165, 1.54) is 24.1 Å². The summed E-state index contributed by atoms with van der Waals surface area (Å²) in [5, 5.41) is 28.2. The van der Waals surface area contributed by atoms with Crippen molar-refractivity contribution in [3.63, 3.8) is 0 Å². The van der Waals surface area contributed by atoms with Crippen LogP contribution in [0.5, 0.6) is 0 Å². The number of hydrogen-bond donors (Lipinski definition) is 6. The number of nitrogens with one attached hydrogen (secondary N) is 4. The molecular formula is C33H51N7O7. The standard InChI is InChI=1S/C33H51N7O7/c1-5-10-22(26(41)31(45)39-47)36-30(44)25-21-14-9-13-20(21)18-40(25)32(46)27(33(2,3)4)38-29(43)24(19-11-7-6-8-12-19)37-28(42)23-17-34-15-16-35-23/h15-17,19-22,24-27,41,47H,5-14,18H2,1-4H3,(H,36,44)(H,37,42)(H,38,43)(H,39,45)/t20-,21-,22-,24-,25?,26?,27+/m0/s1. The minimum absolute atomic E-state index is 0.0879. The number of rotatable bonds is 12. The monoisotopic (exact) mass is 657 g/mol. The molecule has 2 saturated carbocycles. The number of fused-ring (bicyclic) bond motifs is 1. The molecule has 0 radical (unpaired) electrons. The Hall–Kier alpha value is -3.65. The van der Waals surface area contributed by atoms with Crippen molar-refractivity contribution in [3.05, 3.63) is 24.3 Å². The number of carbonyl (C=O) groups excluding carboxylic acids is 5. The van der Waals surface area contributed by atoms with E-state index in [0.29, 0.717) is 13.0 Å². The van der Waals surface area contributed by atoms with Gasteiger partial charge in [0.25, 0.3) is 11.8 Å². The van der Waals surface area contributed by atoms with E-state index in [1.54, 1.807) is 4.90 Å². The van der Waals surface area contributed by atoms with Crippen LogP contribution in [0, 0.1) is 23.2 Å². The van der Waals surface area contributed by atoms with E-state index in [4.69, 9.17) is 5.21 Å². The molecule has 7 atom stereocenters. The number of aliphatic hydroxyl groups excluding tert-OH is 1. The molecule has 3 fully saturated rings. The number of likely N-dealkylation sites (tertiary alicyclic amines) is 1. The second-order valence-corrected chi connectivity index (χ2v) is 14.4. The zero-order valence-corrected chi connectivity index (χ0v) is 27.9. The zero-order chi connectivity index (χ0) is 34.3. The van der Waals surface area contributed by atoms with E-state index in [1.807, 2.05) is 27.7 Å². The molecule has 3 aliphatic rings. The highest BCUT2D eigenvalue weighted by Gasteiger charge is 2.52. The van der Waals surface area contributed by atoms with Gasteiger partial charge in [0.15, 0.2) is 6.10 Å². The lowest BCUT2D eigenvalue weighted by Crippen LogP contribution is -2.62. The van der Waals surface area contributed by atoms with Crippen LogP contribution < -0.4 is 21.4 Å². The van der Waals surface area contributed by atoms with E-state index in [0.717, 1.165) is 51.4 Å². The molecule has 5 amide bonds. The highest BCUT2D eigenvalue weighted by molar-refractivity contribution is 5.98. The Morgan fingerprint density at radius 2 is 1.68 bits per heavy atom. The van der Waals surface area contributed by atoms with Crippen LogP contribution in [0.15, 0.2) is 18.6 Å². The van der Waals surface area contributed by atoms with Crippen molar-refractivity contribution in [1.29, 1.82) is 0 Å². The van der Waals surface area contributed by atoms with Crippen LogP contribution in [0.4, 0.5) is 0 Å². The number of hydrogen-bond acceptors (Lipinski definition) is 9. The van der Waals surface area contributed by atoms with Crippen LogP contribution in [-0.4, -0.2) is 91.5 Å². The summed E-state index contributed by atoms with van der Waals surface area (Å²) < 4.78 is 0. The first-order valence-corrected chi connectivity index (χ1v) is 17.0. The highest BCUT2D eigenvalue weighted by atomic mass is 16.5. The molecule has 4 rings (SSSR count). The first-order valence-electron chi connectivity index (χ1n) is 17.0. The summed E-state index contributed by atoms with van der Waals surface area (Å²) in [6, 6.07) is -3.73. The van der Waals surface area contributed by atoms with Gasteiger partial charge < -0.3 is 26.0 Å². The van der Waals surface area contributed by atoms with Crippen molar-refractivity contribution in [2.75, 3.05) is 6.54 Å². The van der Waals surface area contributed by atoms with E-state index in [2.05, 4.69) is 25.9 Å². The van der Waals surface area contributed by atoms with Gasteiger partial charge in [-0.05, 0) is 55.3 Å². The Balaban J connectivity index is 1.58. The number of aromatic nitrogens is 2. The Bertz CT molecular complexity index is 1270. The Kier molecular flexibility index (Phi) is 12.3. The number of aliphatic hydroxyl groups is 1. The summed E-state index contributed by atoms with van der Waals surface area (Å²) in [5.41, 5.74) is 0.772. The van der Waals surface area contributed by atoms with Gasteiger partial charge in [-0.3, -0.25) is 34.2 Å². The van der Waals surface area contributed by atoms with Gasteiger partial charge in [0, 0.05) is 18.9 Å². The maximum Gasteiger partial charge on any atom is 0.274 e. The molecule has 2 unspecified atom stereocenters. The molecule has 0 bridgehead atoms. The highest BCUT2D eigenvalue weighted by Crippen LogP contribution is 2.43. The Labute approximate surface area is 276 Å². The number of hydroxylamine groups is 1. The van der Waals surface area contributed by atoms with E-state index in [9.17, 15) is 29.1 Å². The van der Waals surface area contributed by atoms with Gasteiger partial charge in [0.2, 0.25) is 17.7 Å². The molecule has 14 nitrogen and oxygen atoms in total. The van der Waals surface area contributed by atoms with Gasteiger partial charge in [-0.2, -0.15) is 0 Å². The fraction of sp³-hybridized carbons (Fsp3) is 0.727. The normalized spacial score (nSPS) is 24.0. The summed E-state index contributed by atoms with van der Waals surface area (Å²) in [5.74, 6) is -3.03. The first-order chi connectivity index (χ1) is 22.4. The second kappa shape index (κ2) is 16.0. The summed E-state index contributed by atoms with van der Waals surface area (Å²) >= 11 is 0. The molecule has 6 N–H and O–H groups in total. The molecule has 2 aliphatic carbocycles. The quantitative estimate of drug-likeness (QED) is 0.142. The largest absolute Gasteiger partial charge is 0.381 e. The van der Waals surface area contributed by atoms with Gasteiger partial charge in [0.1, 0.15) is 23.8 Å². The van der Waals surface area contributed by atoms with Crippen molar-refractivity contribution in [2.45, 2.75) is 122 Å². The molecule has 0 aromatic carbocycles. The average molecular weight is 658 g/mol. The van der Waals surface area contributed by atoms with Gasteiger partial charge in [0.05, 0.1) is 12.2 Å². The van der Waals surface area contributed by atoms with Crippen LogP contribution >= 0.6 is 0 Å². The molecule has 1 aliphatic heterocycles. The Morgan fingerprint density at radius 1 is 0.957 bits per heavy atom. The third kappa shape index (κ3) is 8.64. The fourth-order valence-electron chi connectivity index (χ4n) is 7.55. The molecular weight excluding hydrogens is 606 g/mol. The molecule has 47 heavy (non-hydrogen) atoms. The first kappa shape index (κ1) is 36.2. The lowest BCUT2D eigenvalue weighted by Gasteiger charge is -2.38. The van der Waals surface area contributed by atoms with E-state index in [-0.39, 0.29) is 29.9 Å². The smallest absolute Gasteiger partial charge is 0.274 e. The molecule has 14 heteroatoms. The third-order valence-corrected chi connectivity index (χ3v) is 10.0. The van der Waals surface area contributed by atoms with Gasteiger partial charge in [-0.1, -0.05) is 59.8 Å². The third-order valence-electron chi connectivity index (χ3n) is 10.0. The predicted molar refractivity (Wildman–Crippen MR) is 170 cm³/mol. The lowest BCUT2D eigenvalue weighted by atomic mass is 9.82. The molecule has 1 aromatic rings. The molecule has 260 valence electrons. The van der Waals surface area contributed by atoms with Crippen LogP contribution in [0.2, 0.25) is 0 Å². The van der Waals surface area contributed by atoms with Crippen LogP contribution in [-0.2, 0) is 19.2 Å². The molecule has 0 spiro atoms. The minimum atomic E-state index is -1.68. The van der Waals surface area contributed by atoms with Gasteiger partial charge in [-0.15, -0.1) is 0 Å². The van der Waals surface area contributed by atoms with Crippen molar-refractivity contribution >= 4 is 29.5 Å². The van der Waals surface area contributed by atoms with Crippen molar-refractivity contribution in [2.24, 2.45) is 23.2 Å². The van der Waals surface area contributed by atoms with Crippen molar-refractivity contribution in [1.82, 2.24) is 36.3 Å². The van der Waals surface area contributed by atoms with Crippen molar-refractivity contribution < 1.29 is 34.3 Å². The molecule has 1 saturated heterocycles.